The van der Waals surface area contributed by atoms with Crippen molar-refractivity contribution in [2.75, 3.05) is 0 Å². The van der Waals surface area contributed by atoms with Crippen LogP contribution in [0.4, 0.5) is 0 Å². The number of benzene rings is 2. The molecule has 4 heteroatoms. The van der Waals surface area contributed by atoms with Gasteiger partial charge in [-0.15, -0.1) is 0 Å². The standard InChI is InChI=1S/C16H15BrClNO/c1-2-11-5-3-4-6-12(11)10-19-16(20)14-9-13(17)7-8-15(14)18/h3-9H,2,10H2,1H3,(H,19,20). The van der Waals surface area contributed by atoms with Gasteiger partial charge in [-0.1, -0.05) is 58.7 Å². The topological polar surface area (TPSA) is 29.1 Å². The fourth-order valence-corrected chi connectivity index (χ4v) is 2.58. The van der Waals surface area contributed by atoms with Crippen molar-refractivity contribution in [1.82, 2.24) is 5.32 Å². The lowest BCUT2D eigenvalue weighted by molar-refractivity contribution is 0.0951. The van der Waals surface area contributed by atoms with Crippen molar-refractivity contribution in [2.24, 2.45) is 0 Å². The van der Waals surface area contributed by atoms with Crippen LogP contribution in [0.2, 0.25) is 5.02 Å². The molecule has 104 valence electrons. The van der Waals surface area contributed by atoms with E-state index >= 15 is 0 Å². The molecule has 0 aliphatic rings. The van der Waals surface area contributed by atoms with Gasteiger partial charge in [0, 0.05) is 11.0 Å². The molecule has 0 aliphatic heterocycles. The Morgan fingerprint density at radius 2 is 1.90 bits per heavy atom. The van der Waals surface area contributed by atoms with Crippen molar-refractivity contribution in [3.8, 4) is 0 Å². The normalized spacial score (nSPS) is 10.3. The minimum absolute atomic E-state index is 0.165. The summed E-state index contributed by atoms with van der Waals surface area (Å²) >= 11 is 9.39. The average molecular weight is 353 g/mol. The SMILES string of the molecule is CCc1ccccc1CNC(=O)c1cc(Br)ccc1Cl. The maximum atomic E-state index is 12.2. The van der Waals surface area contributed by atoms with E-state index in [0.29, 0.717) is 17.1 Å². The van der Waals surface area contributed by atoms with Crippen LogP contribution < -0.4 is 5.32 Å². The maximum Gasteiger partial charge on any atom is 0.253 e. The zero-order chi connectivity index (χ0) is 14.5. The monoisotopic (exact) mass is 351 g/mol. The van der Waals surface area contributed by atoms with Gasteiger partial charge in [0.25, 0.3) is 5.91 Å². The van der Waals surface area contributed by atoms with Crippen LogP contribution >= 0.6 is 27.5 Å². The fraction of sp³-hybridized carbons (Fsp3) is 0.188. The summed E-state index contributed by atoms with van der Waals surface area (Å²) < 4.78 is 0.834. The fourth-order valence-electron chi connectivity index (χ4n) is 2.02. The van der Waals surface area contributed by atoms with Gasteiger partial charge < -0.3 is 5.32 Å². The summed E-state index contributed by atoms with van der Waals surface area (Å²) in [5.41, 5.74) is 2.86. The first-order valence-corrected chi connectivity index (χ1v) is 7.59. The number of nitrogens with one attached hydrogen (secondary N) is 1. The van der Waals surface area contributed by atoms with Crippen molar-refractivity contribution in [3.05, 3.63) is 68.7 Å². The van der Waals surface area contributed by atoms with Crippen LogP contribution in [0.1, 0.15) is 28.4 Å². The quantitative estimate of drug-likeness (QED) is 0.856. The molecule has 0 saturated carbocycles. The summed E-state index contributed by atoms with van der Waals surface area (Å²) in [6, 6.07) is 13.3. The van der Waals surface area contributed by atoms with Crippen LogP contribution in [0.3, 0.4) is 0 Å². The Bertz CT molecular complexity index is 628. The first-order chi connectivity index (χ1) is 9.61. The third-order valence-corrected chi connectivity index (χ3v) is 3.93. The Morgan fingerprint density at radius 3 is 2.60 bits per heavy atom. The van der Waals surface area contributed by atoms with Crippen molar-refractivity contribution < 1.29 is 4.79 Å². The third-order valence-electron chi connectivity index (χ3n) is 3.11. The largest absolute Gasteiger partial charge is 0.348 e. The Labute approximate surface area is 132 Å². The minimum atomic E-state index is -0.165. The van der Waals surface area contributed by atoms with Gasteiger partial charge in [0.2, 0.25) is 0 Å². The molecule has 1 amide bonds. The molecule has 1 N–H and O–H groups in total. The average Bonchev–Trinajstić information content (AvgIpc) is 2.47. The predicted molar refractivity (Wildman–Crippen MR) is 86.1 cm³/mol. The second kappa shape index (κ2) is 6.91. The number of rotatable bonds is 4. The molecule has 0 aromatic heterocycles. The smallest absolute Gasteiger partial charge is 0.253 e. The van der Waals surface area contributed by atoms with E-state index in [0.717, 1.165) is 16.5 Å². The summed E-state index contributed by atoms with van der Waals surface area (Å²) in [4.78, 5) is 12.2. The molecule has 0 bridgehead atoms. The van der Waals surface area contributed by atoms with E-state index in [-0.39, 0.29) is 5.91 Å². The second-order valence-electron chi connectivity index (χ2n) is 4.43. The van der Waals surface area contributed by atoms with E-state index in [1.807, 2.05) is 24.3 Å². The van der Waals surface area contributed by atoms with Crippen LogP contribution in [0.15, 0.2) is 46.9 Å². The Morgan fingerprint density at radius 1 is 1.20 bits per heavy atom. The molecule has 0 saturated heterocycles. The zero-order valence-electron chi connectivity index (χ0n) is 11.1. The zero-order valence-corrected chi connectivity index (χ0v) is 13.5. The van der Waals surface area contributed by atoms with Crippen LogP contribution in [0.25, 0.3) is 0 Å². The Hall–Kier alpha value is -1.32. The second-order valence-corrected chi connectivity index (χ2v) is 5.75. The minimum Gasteiger partial charge on any atom is -0.348 e. The molecule has 0 atom stereocenters. The van der Waals surface area contributed by atoms with Gasteiger partial charge in [0.05, 0.1) is 10.6 Å². The number of carbonyl (C=O) groups excluding carboxylic acids is 1. The maximum absolute atomic E-state index is 12.2. The lowest BCUT2D eigenvalue weighted by atomic mass is 10.1. The number of aryl methyl sites for hydroxylation is 1. The van der Waals surface area contributed by atoms with Gasteiger partial charge in [0.15, 0.2) is 0 Å². The Balaban J connectivity index is 2.11. The van der Waals surface area contributed by atoms with Gasteiger partial charge in [-0.3, -0.25) is 4.79 Å². The van der Waals surface area contributed by atoms with Crippen molar-refractivity contribution in [3.63, 3.8) is 0 Å². The lowest BCUT2D eigenvalue weighted by Gasteiger charge is -2.10. The third kappa shape index (κ3) is 3.62. The molecule has 2 rings (SSSR count). The van der Waals surface area contributed by atoms with E-state index in [4.69, 9.17) is 11.6 Å². The van der Waals surface area contributed by atoms with E-state index in [1.54, 1.807) is 12.1 Å². The molecule has 0 unspecified atom stereocenters. The van der Waals surface area contributed by atoms with Gasteiger partial charge in [-0.05, 0) is 35.7 Å². The molecular formula is C16H15BrClNO. The van der Waals surface area contributed by atoms with Gasteiger partial charge in [-0.2, -0.15) is 0 Å². The van der Waals surface area contributed by atoms with Crippen LogP contribution in [0.5, 0.6) is 0 Å². The number of amides is 1. The van der Waals surface area contributed by atoms with Crippen LogP contribution in [-0.4, -0.2) is 5.91 Å². The molecule has 2 aromatic rings. The van der Waals surface area contributed by atoms with Crippen LogP contribution in [-0.2, 0) is 13.0 Å². The highest BCUT2D eigenvalue weighted by Gasteiger charge is 2.11. The van der Waals surface area contributed by atoms with E-state index in [9.17, 15) is 4.79 Å². The molecule has 0 fully saturated rings. The highest BCUT2D eigenvalue weighted by Crippen LogP contribution is 2.21. The summed E-state index contributed by atoms with van der Waals surface area (Å²) in [6.45, 7) is 2.61. The van der Waals surface area contributed by atoms with E-state index in [2.05, 4.69) is 34.2 Å². The molecule has 0 heterocycles. The van der Waals surface area contributed by atoms with Gasteiger partial charge in [-0.25, -0.2) is 0 Å². The summed E-state index contributed by atoms with van der Waals surface area (Å²) in [7, 11) is 0. The first kappa shape index (κ1) is 15.1. The first-order valence-electron chi connectivity index (χ1n) is 6.42. The van der Waals surface area contributed by atoms with Crippen molar-refractivity contribution in [1.29, 1.82) is 0 Å². The molecule has 0 radical (unpaired) electrons. The van der Waals surface area contributed by atoms with E-state index < -0.39 is 0 Å². The van der Waals surface area contributed by atoms with Crippen molar-refractivity contribution in [2.45, 2.75) is 19.9 Å². The highest BCUT2D eigenvalue weighted by molar-refractivity contribution is 9.10. The highest BCUT2D eigenvalue weighted by atomic mass is 79.9. The molecule has 0 spiro atoms. The number of halogens is 2. The van der Waals surface area contributed by atoms with Gasteiger partial charge in [0.1, 0.15) is 0 Å². The number of carbonyl (C=O) groups is 1. The molecule has 0 aliphatic carbocycles. The lowest BCUT2D eigenvalue weighted by Crippen LogP contribution is -2.23. The summed E-state index contributed by atoms with van der Waals surface area (Å²) in [5, 5.41) is 3.37. The van der Waals surface area contributed by atoms with Gasteiger partial charge >= 0.3 is 0 Å². The molecule has 2 nitrogen and oxygen atoms in total. The van der Waals surface area contributed by atoms with Crippen molar-refractivity contribution >= 4 is 33.4 Å². The summed E-state index contributed by atoms with van der Waals surface area (Å²) in [5.74, 6) is -0.165. The molecule has 2 aromatic carbocycles. The summed E-state index contributed by atoms with van der Waals surface area (Å²) in [6.07, 6.45) is 0.948. The van der Waals surface area contributed by atoms with E-state index in [1.165, 1.54) is 5.56 Å². The number of hydrogen-bond donors (Lipinski definition) is 1. The Kier molecular flexibility index (Phi) is 5.21. The molecule has 20 heavy (non-hydrogen) atoms. The molecular weight excluding hydrogens is 338 g/mol. The number of hydrogen-bond acceptors (Lipinski definition) is 1. The van der Waals surface area contributed by atoms with Crippen LogP contribution in [0, 0.1) is 0 Å². The predicted octanol–water partition coefficient (Wildman–Crippen LogP) is 4.59.